The number of benzene rings is 1. The molecule has 0 spiro atoms. The lowest BCUT2D eigenvalue weighted by molar-refractivity contribution is -0.120. The minimum atomic E-state index is -0.132. The summed E-state index contributed by atoms with van der Waals surface area (Å²) in [4.78, 5) is 11.0. The van der Waals surface area contributed by atoms with Crippen LogP contribution in [0.4, 0.5) is 0 Å². The average molecular weight is 259 g/mol. The minimum Gasteiger partial charge on any atom is -0.273 e. The molecule has 1 aromatic carbocycles. The SMILES string of the molecule is CCC(=O)N/N=C(\C)c1cc(Cl)cc(Cl)c1. The summed E-state index contributed by atoms with van der Waals surface area (Å²) in [6, 6.07) is 5.12. The van der Waals surface area contributed by atoms with E-state index in [1.54, 1.807) is 32.0 Å². The Hall–Kier alpha value is -1.06. The highest BCUT2D eigenvalue weighted by Crippen LogP contribution is 2.19. The summed E-state index contributed by atoms with van der Waals surface area (Å²) in [6.45, 7) is 3.54. The number of carbonyl (C=O) groups is 1. The van der Waals surface area contributed by atoms with E-state index in [0.29, 0.717) is 22.2 Å². The molecule has 0 radical (unpaired) electrons. The van der Waals surface area contributed by atoms with Gasteiger partial charge in [0.25, 0.3) is 0 Å². The molecule has 1 aromatic rings. The monoisotopic (exact) mass is 258 g/mol. The number of carbonyl (C=O) groups excluding carboxylic acids is 1. The summed E-state index contributed by atoms with van der Waals surface area (Å²) in [5.41, 5.74) is 3.88. The second-order valence-electron chi connectivity index (χ2n) is 3.24. The van der Waals surface area contributed by atoms with Crippen molar-refractivity contribution in [3.8, 4) is 0 Å². The summed E-state index contributed by atoms with van der Waals surface area (Å²) in [6.07, 6.45) is 0.396. The van der Waals surface area contributed by atoms with Crippen LogP contribution in [0.2, 0.25) is 10.0 Å². The topological polar surface area (TPSA) is 41.5 Å². The summed E-state index contributed by atoms with van der Waals surface area (Å²) in [5, 5.41) is 5.03. The van der Waals surface area contributed by atoms with Gasteiger partial charge in [0.1, 0.15) is 0 Å². The molecule has 0 bridgehead atoms. The highest BCUT2D eigenvalue weighted by molar-refractivity contribution is 6.35. The number of nitrogens with zero attached hydrogens (tertiary/aromatic N) is 1. The third kappa shape index (κ3) is 3.83. The maximum absolute atomic E-state index is 11.0. The summed E-state index contributed by atoms with van der Waals surface area (Å²) in [7, 11) is 0. The molecule has 0 heterocycles. The Morgan fingerprint density at radius 1 is 1.31 bits per heavy atom. The zero-order valence-electron chi connectivity index (χ0n) is 9.05. The van der Waals surface area contributed by atoms with E-state index in [0.717, 1.165) is 5.56 Å². The van der Waals surface area contributed by atoms with Crippen molar-refractivity contribution in [2.45, 2.75) is 20.3 Å². The molecule has 0 aliphatic carbocycles. The van der Waals surface area contributed by atoms with Gasteiger partial charge in [0.05, 0.1) is 5.71 Å². The molecule has 1 N–H and O–H groups in total. The minimum absolute atomic E-state index is 0.132. The van der Waals surface area contributed by atoms with Crippen LogP contribution in [0, 0.1) is 0 Å². The molecular formula is C11H12Cl2N2O. The zero-order valence-corrected chi connectivity index (χ0v) is 10.6. The molecule has 16 heavy (non-hydrogen) atoms. The van der Waals surface area contributed by atoms with E-state index in [2.05, 4.69) is 10.5 Å². The van der Waals surface area contributed by atoms with E-state index in [1.165, 1.54) is 0 Å². The fourth-order valence-corrected chi connectivity index (χ4v) is 1.58. The molecule has 0 fully saturated rings. The van der Waals surface area contributed by atoms with Crippen molar-refractivity contribution in [2.75, 3.05) is 0 Å². The summed E-state index contributed by atoms with van der Waals surface area (Å²) >= 11 is 11.7. The smallest absolute Gasteiger partial charge is 0.239 e. The molecule has 0 unspecified atom stereocenters. The molecule has 0 saturated carbocycles. The molecular weight excluding hydrogens is 247 g/mol. The first kappa shape index (κ1) is 13.0. The molecule has 0 aliphatic heterocycles. The lowest BCUT2D eigenvalue weighted by atomic mass is 10.1. The highest BCUT2D eigenvalue weighted by Gasteiger charge is 2.02. The third-order valence-electron chi connectivity index (χ3n) is 1.95. The summed E-state index contributed by atoms with van der Waals surface area (Å²) in [5.74, 6) is -0.132. The fraction of sp³-hybridized carbons (Fsp3) is 0.273. The molecule has 0 aliphatic rings. The van der Waals surface area contributed by atoms with Crippen LogP contribution in [-0.4, -0.2) is 11.6 Å². The number of halogens is 2. The highest BCUT2D eigenvalue weighted by atomic mass is 35.5. The van der Waals surface area contributed by atoms with Gasteiger partial charge in [0, 0.05) is 22.0 Å². The lowest BCUT2D eigenvalue weighted by Crippen LogP contribution is -2.17. The molecule has 0 atom stereocenters. The van der Waals surface area contributed by atoms with E-state index in [9.17, 15) is 4.79 Å². The maximum atomic E-state index is 11.0. The zero-order chi connectivity index (χ0) is 12.1. The van der Waals surface area contributed by atoms with E-state index >= 15 is 0 Å². The van der Waals surface area contributed by atoms with Crippen LogP contribution in [0.25, 0.3) is 0 Å². The first-order valence-electron chi connectivity index (χ1n) is 4.82. The molecule has 3 nitrogen and oxygen atoms in total. The van der Waals surface area contributed by atoms with Crippen molar-refractivity contribution < 1.29 is 4.79 Å². The number of amides is 1. The molecule has 0 saturated heterocycles. The van der Waals surface area contributed by atoms with Crippen LogP contribution in [0.3, 0.4) is 0 Å². The van der Waals surface area contributed by atoms with Crippen molar-refractivity contribution in [1.82, 2.24) is 5.43 Å². The van der Waals surface area contributed by atoms with Gasteiger partial charge in [0.2, 0.25) is 5.91 Å². The first-order valence-corrected chi connectivity index (χ1v) is 5.58. The summed E-state index contributed by atoms with van der Waals surface area (Å²) < 4.78 is 0. The van der Waals surface area contributed by atoms with Gasteiger partial charge in [-0.1, -0.05) is 30.1 Å². The molecule has 1 rings (SSSR count). The maximum Gasteiger partial charge on any atom is 0.239 e. The second-order valence-corrected chi connectivity index (χ2v) is 4.12. The van der Waals surface area contributed by atoms with Gasteiger partial charge in [-0.25, -0.2) is 5.43 Å². The van der Waals surface area contributed by atoms with Crippen LogP contribution in [0.5, 0.6) is 0 Å². The Balaban J connectivity index is 2.87. The Kier molecular flexibility index (Phi) is 4.77. The van der Waals surface area contributed by atoms with Crippen molar-refractivity contribution in [3.05, 3.63) is 33.8 Å². The van der Waals surface area contributed by atoms with E-state index in [4.69, 9.17) is 23.2 Å². The van der Waals surface area contributed by atoms with Crippen LogP contribution in [0.1, 0.15) is 25.8 Å². The van der Waals surface area contributed by atoms with Crippen molar-refractivity contribution in [2.24, 2.45) is 5.10 Å². The predicted octanol–water partition coefficient (Wildman–Crippen LogP) is 3.24. The number of hydrogen-bond acceptors (Lipinski definition) is 2. The van der Waals surface area contributed by atoms with Gasteiger partial charge in [-0.15, -0.1) is 0 Å². The Morgan fingerprint density at radius 3 is 2.38 bits per heavy atom. The lowest BCUT2D eigenvalue weighted by Gasteiger charge is -2.03. The number of rotatable bonds is 3. The molecule has 0 aromatic heterocycles. The van der Waals surface area contributed by atoms with Gasteiger partial charge in [-0.3, -0.25) is 4.79 Å². The standard InChI is InChI=1S/C11H12Cl2N2O/c1-3-11(16)15-14-7(2)8-4-9(12)6-10(13)5-8/h4-6H,3H2,1-2H3,(H,15,16)/b14-7+. The largest absolute Gasteiger partial charge is 0.273 e. The van der Waals surface area contributed by atoms with Gasteiger partial charge in [-0.05, 0) is 25.1 Å². The van der Waals surface area contributed by atoms with Crippen LogP contribution in [-0.2, 0) is 4.79 Å². The Bertz CT molecular complexity index is 410. The second kappa shape index (κ2) is 5.87. The van der Waals surface area contributed by atoms with Crippen LogP contribution in [0.15, 0.2) is 23.3 Å². The fourth-order valence-electron chi connectivity index (χ4n) is 1.05. The van der Waals surface area contributed by atoms with Gasteiger partial charge >= 0.3 is 0 Å². The average Bonchev–Trinajstić information content (AvgIpc) is 2.23. The first-order chi connectivity index (χ1) is 7.52. The van der Waals surface area contributed by atoms with Gasteiger partial charge in [-0.2, -0.15) is 5.10 Å². The molecule has 1 amide bonds. The van der Waals surface area contributed by atoms with Crippen LogP contribution >= 0.6 is 23.2 Å². The number of hydrazone groups is 1. The van der Waals surface area contributed by atoms with Crippen LogP contribution < -0.4 is 5.43 Å². The van der Waals surface area contributed by atoms with Gasteiger partial charge in [0.15, 0.2) is 0 Å². The number of hydrogen-bond donors (Lipinski definition) is 1. The normalized spacial score (nSPS) is 11.4. The van der Waals surface area contributed by atoms with E-state index in [-0.39, 0.29) is 5.91 Å². The molecule has 86 valence electrons. The Labute approximate surface area is 104 Å². The van der Waals surface area contributed by atoms with Crippen molar-refractivity contribution in [3.63, 3.8) is 0 Å². The number of nitrogens with one attached hydrogen (secondary N) is 1. The Morgan fingerprint density at radius 2 is 1.88 bits per heavy atom. The molecule has 5 heteroatoms. The third-order valence-corrected chi connectivity index (χ3v) is 2.39. The van der Waals surface area contributed by atoms with E-state index < -0.39 is 0 Å². The van der Waals surface area contributed by atoms with Crippen molar-refractivity contribution in [1.29, 1.82) is 0 Å². The van der Waals surface area contributed by atoms with Crippen molar-refractivity contribution >= 4 is 34.8 Å². The van der Waals surface area contributed by atoms with E-state index in [1.807, 2.05) is 0 Å². The quantitative estimate of drug-likeness (QED) is 0.657. The van der Waals surface area contributed by atoms with Gasteiger partial charge < -0.3 is 0 Å². The predicted molar refractivity (Wildman–Crippen MR) is 67.1 cm³/mol.